The fraction of sp³-hybridized carbons (Fsp3) is 0.625. The van der Waals surface area contributed by atoms with Crippen LogP contribution in [0.25, 0.3) is 0 Å². The molecule has 0 saturated carbocycles. The van der Waals surface area contributed by atoms with Gasteiger partial charge in [0, 0.05) is 37.4 Å². The van der Waals surface area contributed by atoms with Crippen LogP contribution in [0.1, 0.15) is 37.0 Å². The van der Waals surface area contributed by atoms with E-state index in [1.807, 2.05) is 4.90 Å². The zero-order valence-electron chi connectivity index (χ0n) is 12.3. The SMILES string of the molecule is O=C1CC2(CCN(C(=O)CCCc3cccs3)CC2)CN1. The van der Waals surface area contributed by atoms with Gasteiger partial charge >= 0.3 is 0 Å². The zero-order chi connectivity index (χ0) is 14.7. The number of hydrogen-bond acceptors (Lipinski definition) is 3. The summed E-state index contributed by atoms with van der Waals surface area (Å²) in [5, 5.41) is 5.01. The minimum Gasteiger partial charge on any atom is -0.356 e. The molecule has 5 heteroatoms. The first-order valence-corrected chi connectivity index (χ1v) is 8.62. The van der Waals surface area contributed by atoms with E-state index in [0.717, 1.165) is 45.3 Å². The number of carbonyl (C=O) groups is 2. The van der Waals surface area contributed by atoms with E-state index in [-0.39, 0.29) is 17.2 Å². The number of amides is 2. The number of hydrogen-bond donors (Lipinski definition) is 1. The van der Waals surface area contributed by atoms with Gasteiger partial charge in [-0.15, -0.1) is 11.3 Å². The Morgan fingerprint density at radius 1 is 1.38 bits per heavy atom. The maximum Gasteiger partial charge on any atom is 0.222 e. The summed E-state index contributed by atoms with van der Waals surface area (Å²) in [4.78, 5) is 27.0. The summed E-state index contributed by atoms with van der Waals surface area (Å²) in [7, 11) is 0. The molecule has 2 aliphatic rings. The Kier molecular flexibility index (Phi) is 4.29. The monoisotopic (exact) mass is 306 g/mol. The minimum atomic E-state index is 0.130. The number of likely N-dealkylation sites (tertiary alicyclic amines) is 1. The highest BCUT2D eigenvalue weighted by Crippen LogP contribution is 2.37. The molecular weight excluding hydrogens is 284 g/mol. The molecule has 0 unspecified atom stereocenters. The summed E-state index contributed by atoms with van der Waals surface area (Å²) >= 11 is 1.76. The van der Waals surface area contributed by atoms with Gasteiger partial charge in [0.05, 0.1) is 0 Å². The van der Waals surface area contributed by atoms with Crippen LogP contribution in [-0.2, 0) is 16.0 Å². The quantitative estimate of drug-likeness (QED) is 0.927. The van der Waals surface area contributed by atoms with Crippen LogP contribution < -0.4 is 5.32 Å². The third kappa shape index (κ3) is 3.46. The van der Waals surface area contributed by atoms with E-state index in [2.05, 4.69) is 22.8 Å². The van der Waals surface area contributed by atoms with Crippen LogP contribution >= 0.6 is 11.3 Å². The van der Waals surface area contributed by atoms with Crippen LogP contribution in [0.5, 0.6) is 0 Å². The van der Waals surface area contributed by atoms with Crippen LogP contribution in [0.3, 0.4) is 0 Å². The number of rotatable bonds is 4. The average molecular weight is 306 g/mol. The van der Waals surface area contributed by atoms with Gasteiger partial charge in [-0.05, 0) is 42.5 Å². The summed E-state index contributed by atoms with van der Waals surface area (Å²) in [5.74, 6) is 0.449. The first kappa shape index (κ1) is 14.6. The summed E-state index contributed by atoms with van der Waals surface area (Å²) < 4.78 is 0. The predicted molar refractivity (Wildman–Crippen MR) is 83.1 cm³/mol. The zero-order valence-corrected chi connectivity index (χ0v) is 13.1. The van der Waals surface area contributed by atoms with Gasteiger partial charge in [0.2, 0.25) is 11.8 Å². The van der Waals surface area contributed by atoms with Crippen molar-refractivity contribution < 1.29 is 9.59 Å². The van der Waals surface area contributed by atoms with Crippen LogP contribution in [-0.4, -0.2) is 36.3 Å². The van der Waals surface area contributed by atoms with Gasteiger partial charge in [0.1, 0.15) is 0 Å². The predicted octanol–water partition coefficient (Wildman–Crippen LogP) is 2.20. The number of thiophene rings is 1. The number of carbonyl (C=O) groups excluding carboxylic acids is 2. The molecule has 3 heterocycles. The highest BCUT2D eigenvalue weighted by molar-refractivity contribution is 7.09. The van der Waals surface area contributed by atoms with Crippen molar-refractivity contribution in [1.82, 2.24) is 10.2 Å². The van der Waals surface area contributed by atoms with E-state index in [1.54, 1.807) is 11.3 Å². The van der Waals surface area contributed by atoms with Crippen molar-refractivity contribution in [1.29, 1.82) is 0 Å². The molecule has 2 aliphatic heterocycles. The first-order chi connectivity index (χ1) is 10.2. The Morgan fingerprint density at radius 3 is 2.81 bits per heavy atom. The van der Waals surface area contributed by atoms with Crippen molar-refractivity contribution in [3.05, 3.63) is 22.4 Å². The lowest BCUT2D eigenvalue weighted by Gasteiger charge is -2.38. The van der Waals surface area contributed by atoms with Crippen molar-refractivity contribution >= 4 is 23.2 Å². The molecule has 0 aromatic carbocycles. The van der Waals surface area contributed by atoms with Crippen LogP contribution in [0.15, 0.2) is 17.5 Å². The Morgan fingerprint density at radius 2 is 2.19 bits per heavy atom. The van der Waals surface area contributed by atoms with E-state index < -0.39 is 0 Å². The lowest BCUT2D eigenvalue weighted by Crippen LogP contribution is -2.44. The van der Waals surface area contributed by atoms with Crippen molar-refractivity contribution in [2.45, 2.75) is 38.5 Å². The molecular formula is C16H22N2O2S. The normalized spacial score (nSPS) is 20.8. The molecule has 1 N–H and O–H groups in total. The number of aryl methyl sites for hydroxylation is 1. The van der Waals surface area contributed by atoms with E-state index >= 15 is 0 Å². The smallest absolute Gasteiger partial charge is 0.222 e. The summed E-state index contributed by atoms with van der Waals surface area (Å²) in [6.07, 6.45) is 5.14. The Hall–Kier alpha value is -1.36. The van der Waals surface area contributed by atoms with Crippen molar-refractivity contribution in [2.24, 2.45) is 5.41 Å². The molecule has 0 atom stereocenters. The molecule has 114 valence electrons. The fourth-order valence-electron chi connectivity index (χ4n) is 3.36. The first-order valence-electron chi connectivity index (χ1n) is 7.74. The fourth-order valence-corrected chi connectivity index (χ4v) is 4.11. The van der Waals surface area contributed by atoms with Crippen molar-refractivity contribution in [3.63, 3.8) is 0 Å². The molecule has 2 saturated heterocycles. The maximum absolute atomic E-state index is 12.2. The second kappa shape index (κ2) is 6.18. The van der Waals surface area contributed by atoms with Gasteiger partial charge in [0.25, 0.3) is 0 Å². The number of piperidine rings is 1. The molecule has 4 nitrogen and oxygen atoms in total. The van der Waals surface area contributed by atoms with Gasteiger partial charge < -0.3 is 10.2 Å². The molecule has 0 aliphatic carbocycles. The lowest BCUT2D eigenvalue weighted by atomic mass is 9.77. The standard InChI is InChI=1S/C16H22N2O2S/c19-14-11-16(12-17-14)6-8-18(9-7-16)15(20)5-1-3-13-4-2-10-21-13/h2,4,10H,1,3,5-9,11-12H2,(H,17,19). The third-order valence-electron chi connectivity index (χ3n) is 4.77. The Bertz CT molecular complexity index is 504. The summed E-state index contributed by atoms with van der Waals surface area (Å²) in [6.45, 7) is 2.42. The molecule has 21 heavy (non-hydrogen) atoms. The molecule has 0 radical (unpaired) electrons. The van der Waals surface area contributed by atoms with Crippen LogP contribution in [0.2, 0.25) is 0 Å². The topological polar surface area (TPSA) is 49.4 Å². The molecule has 0 bridgehead atoms. The van der Waals surface area contributed by atoms with E-state index in [9.17, 15) is 9.59 Å². The second-order valence-corrected chi connectivity index (χ2v) is 7.30. The van der Waals surface area contributed by atoms with Crippen LogP contribution in [0.4, 0.5) is 0 Å². The minimum absolute atomic E-state index is 0.130. The van der Waals surface area contributed by atoms with Crippen molar-refractivity contribution in [3.8, 4) is 0 Å². The highest BCUT2D eigenvalue weighted by atomic mass is 32.1. The maximum atomic E-state index is 12.2. The molecule has 2 amide bonds. The van der Waals surface area contributed by atoms with Gasteiger partial charge in [-0.3, -0.25) is 9.59 Å². The van der Waals surface area contributed by atoms with E-state index in [4.69, 9.17) is 0 Å². The number of nitrogens with zero attached hydrogens (tertiary/aromatic N) is 1. The third-order valence-corrected chi connectivity index (χ3v) is 5.70. The Labute approximate surface area is 129 Å². The van der Waals surface area contributed by atoms with Gasteiger partial charge in [0.15, 0.2) is 0 Å². The van der Waals surface area contributed by atoms with Gasteiger partial charge in [-0.1, -0.05) is 6.07 Å². The summed E-state index contributed by atoms with van der Waals surface area (Å²) in [6, 6.07) is 4.19. The molecule has 1 spiro atoms. The molecule has 1 aromatic heterocycles. The largest absolute Gasteiger partial charge is 0.356 e. The average Bonchev–Trinajstić information content (AvgIpc) is 3.10. The molecule has 1 aromatic rings. The van der Waals surface area contributed by atoms with E-state index in [0.29, 0.717) is 12.8 Å². The molecule has 2 fully saturated rings. The van der Waals surface area contributed by atoms with Crippen LogP contribution in [0, 0.1) is 5.41 Å². The second-order valence-electron chi connectivity index (χ2n) is 6.27. The highest BCUT2D eigenvalue weighted by Gasteiger charge is 2.41. The van der Waals surface area contributed by atoms with E-state index in [1.165, 1.54) is 4.88 Å². The van der Waals surface area contributed by atoms with Gasteiger partial charge in [-0.25, -0.2) is 0 Å². The Balaban J connectivity index is 1.41. The van der Waals surface area contributed by atoms with Crippen molar-refractivity contribution in [2.75, 3.05) is 19.6 Å². The molecule has 3 rings (SSSR count). The van der Waals surface area contributed by atoms with Gasteiger partial charge in [-0.2, -0.15) is 0 Å². The number of nitrogens with one attached hydrogen (secondary N) is 1. The summed E-state index contributed by atoms with van der Waals surface area (Å²) in [5.41, 5.74) is 0.130. The lowest BCUT2D eigenvalue weighted by molar-refractivity contribution is -0.133.